The third kappa shape index (κ3) is 11.1. The molecule has 4 aromatic rings. The molecule has 294 valence electrons. The van der Waals surface area contributed by atoms with Crippen molar-refractivity contribution >= 4 is 38.6 Å². The molecule has 0 saturated heterocycles. The van der Waals surface area contributed by atoms with Crippen molar-refractivity contribution in [1.82, 2.24) is 19.4 Å². The maximum absolute atomic E-state index is 13.7. The molecule has 0 spiro atoms. The Morgan fingerprint density at radius 1 is 0.833 bits per heavy atom. The third-order valence-electron chi connectivity index (χ3n) is 8.34. The number of unbranched alkanes of at least 4 members (excludes halogenated alkanes) is 1. The van der Waals surface area contributed by atoms with Crippen LogP contribution < -0.4 is 39.4 Å². The Morgan fingerprint density at radius 2 is 1.48 bits per heavy atom. The number of carboxylic acid groups (broad SMARTS) is 1. The van der Waals surface area contributed by atoms with Crippen LogP contribution in [0.4, 0.5) is 5.69 Å². The number of carbonyl (C=O) groups excluding carboxylic acids is 1. The first-order valence-corrected chi connectivity index (χ1v) is 18.9. The molecule has 3 aromatic carbocycles. The fourth-order valence-electron chi connectivity index (χ4n) is 5.52. The first-order valence-electron chi connectivity index (χ1n) is 17.5. The van der Waals surface area contributed by atoms with Crippen molar-refractivity contribution in [2.24, 2.45) is 14.1 Å². The SMILES string of the molecule is CCCOc1cc(OCCCCN(C)CC(=O)NCCCC(=O)O)cc(Oc2cc3c(cc2NS(=O)(=O)c2ccc(OC)c(OC)c2)n(C)c(=O)n3C)c1. The lowest BCUT2D eigenvalue weighted by Gasteiger charge is -2.17. The maximum Gasteiger partial charge on any atom is 0.328 e. The number of nitrogens with zero attached hydrogens (tertiary/aromatic N) is 3. The van der Waals surface area contributed by atoms with Gasteiger partial charge in [0.15, 0.2) is 17.2 Å². The molecule has 0 fully saturated rings. The van der Waals surface area contributed by atoms with Gasteiger partial charge >= 0.3 is 11.7 Å². The summed E-state index contributed by atoms with van der Waals surface area (Å²) in [4.78, 5) is 37.4. The smallest absolute Gasteiger partial charge is 0.328 e. The van der Waals surface area contributed by atoms with Gasteiger partial charge in [-0.3, -0.25) is 28.3 Å². The van der Waals surface area contributed by atoms with Crippen LogP contribution in [0.2, 0.25) is 0 Å². The molecule has 0 saturated carbocycles. The van der Waals surface area contributed by atoms with Crippen LogP contribution in [0.25, 0.3) is 11.0 Å². The topological polar surface area (TPSA) is 189 Å². The molecule has 0 unspecified atom stereocenters. The Bertz CT molecular complexity index is 2100. The van der Waals surface area contributed by atoms with Crippen LogP contribution in [0.5, 0.6) is 34.5 Å². The molecule has 0 radical (unpaired) electrons. The number of aliphatic carboxylic acids is 1. The number of hydrogen-bond acceptors (Lipinski definition) is 11. The van der Waals surface area contributed by atoms with Crippen LogP contribution in [0.15, 0.2) is 58.2 Å². The Morgan fingerprint density at radius 3 is 2.13 bits per heavy atom. The maximum atomic E-state index is 13.7. The van der Waals surface area contributed by atoms with E-state index in [1.807, 2.05) is 18.9 Å². The van der Waals surface area contributed by atoms with Crippen molar-refractivity contribution < 1.29 is 46.8 Å². The minimum Gasteiger partial charge on any atom is -0.493 e. The standard InChI is InChI=1S/C37H49N5O11S/c1-7-16-51-25-18-26(52-17-9-8-15-40(2)24-35(43)38-14-10-11-36(44)45)20-27(19-25)53-33-23-31-30(41(3)37(46)42(31)4)22-29(33)39-54(47,48)28-12-13-32(49-5)34(21-28)50-6/h12-13,18-23,39H,7-11,14-17,24H2,1-6H3,(H,38,43)(H,44,45). The van der Waals surface area contributed by atoms with Gasteiger partial charge in [0.25, 0.3) is 10.0 Å². The normalized spacial score (nSPS) is 11.4. The summed E-state index contributed by atoms with van der Waals surface area (Å²) in [5, 5.41) is 11.5. The molecule has 3 N–H and O–H groups in total. The van der Waals surface area contributed by atoms with E-state index in [1.54, 1.807) is 44.4 Å². The number of aromatic nitrogens is 2. The first-order chi connectivity index (χ1) is 25.8. The van der Waals surface area contributed by atoms with E-state index >= 15 is 0 Å². The predicted molar refractivity (Wildman–Crippen MR) is 203 cm³/mol. The van der Waals surface area contributed by atoms with Gasteiger partial charge in [0.1, 0.15) is 17.2 Å². The number of anilines is 1. The zero-order chi connectivity index (χ0) is 39.4. The van der Waals surface area contributed by atoms with Crippen molar-refractivity contribution in [2.45, 2.75) is 43.9 Å². The molecular formula is C37H49N5O11S. The van der Waals surface area contributed by atoms with Crippen LogP contribution in [-0.4, -0.2) is 93.6 Å². The molecule has 54 heavy (non-hydrogen) atoms. The molecule has 0 aliphatic carbocycles. The number of sulfonamides is 1. The lowest BCUT2D eigenvalue weighted by Crippen LogP contribution is -2.36. The van der Waals surface area contributed by atoms with Crippen molar-refractivity contribution in [2.75, 3.05) is 58.8 Å². The minimum atomic E-state index is -4.19. The number of imidazole rings is 1. The van der Waals surface area contributed by atoms with E-state index in [-0.39, 0.29) is 46.6 Å². The number of ether oxygens (including phenoxy) is 5. The molecule has 17 heteroatoms. The van der Waals surface area contributed by atoms with E-state index in [0.717, 1.165) is 12.8 Å². The van der Waals surface area contributed by atoms with Gasteiger partial charge < -0.3 is 34.1 Å². The average Bonchev–Trinajstić information content (AvgIpc) is 3.34. The second-order valence-electron chi connectivity index (χ2n) is 12.6. The fraction of sp³-hybridized carbons (Fsp3) is 0.432. The van der Waals surface area contributed by atoms with Crippen molar-refractivity contribution in [1.29, 1.82) is 0 Å². The van der Waals surface area contributed by atoms with Crippen LogP contribution in [-0.2, 0) is 33.7 Å². The van der Waals surface area contributed by atoms with Crippen LogP contribution >= 0.6 is 0 Å². The summed E-state index contributed by atoms with van der Waals surface area (Å²) in [5.74, 6) is 0.919. The number of likely N-dealkylation sites (N-methyl/N-ethyl adjacent to an activating group) is 1. The number of carbonyl (C=O) groups is 2. The highest BCUT2D eigenvalue weighted by Gasteiger charge is 2.22. The third-order valence-corrected chi connectivity index (χ3v) is 9.71. The monoisotopic (exact) mass is 771 g/mol. The number of nitrogens with one attached hydrogen (secondary N) is 2. The summed E-state index contributed by atoms with van der Waals surface area (Å²) in [6, 6.07) is 12.4. The summed E-state index contributed by atoms with van der Waals surface area (Å²) in [6.45, 7) is 3.94. The van der Waals surface area contributed by atoms with Crippen molar-refractivity contribution in [3.8, 4) is 34.5 Å². The van der Waals surface area contributed by atoms with Gasteiger partial charge in [-0.2, -0.15) is 0 Å². The van der Waals surface area contributed by atoms with Gasteiger partial charge in [0.2, 0.25) is 5.91 Å². The fourth-order valence-corrected chi connectivity index (χ4v) is 6.59. The number of carboxylic acids is 1. The van der Waals surface area contributed by atoms with Gasteiger partial charge in [-0.25, -0.2) is 13.2 Å². The molecular weight excluding hydrogens is 722 g/mol. The number of aryl methyl sites for hydroxylation is 2. The lowest BCUT2D eigenvalue weighted by molar-refractivity contribution is -0.137. The number of benzene rings is 3. The van der Waals surface area contributed by atoms with Gasteiger partial charge in [-0.05, 0) is 57.5 Å². The highest BCUT2D eigenvalue weighted by Crippen LogP contribution is 2.38. The van der Waals surface area contributed by atoms with Crippen molar-refractivity contribution in [3.05, 3.63) is 59.0 Å². The number of hydrogen-bond donors (Lipinski definition) is 3. The number of amides is 1. The summed E-state index contributed by atoms with van der Waals surface area (Å²) < 4.78 is 61.8. The Labute approximate surface area is 314 Å². The first kappa shape index (κ1) is 41.3. The molecule has 1 amide bonds. The van der Waals surface area contributed by atoms with E-state index in [2.05, 4.69) is 10.0 Å². The molecule has 1 heterocycles. The van der Waals surface area contributed by atoms with E-state index in [4.69, 9.17) is 28.8 Å². The molecule has 16 nitrogen and oxygen atoms in total. The highest BCUT2D eigenvalue weighted by atomic mass is 32.2. The quantitative estimate of drug-likeness (QED) is 0.0961. The summed E-state index contributed by atoms with van der Waals surface area (Å²) in [6.07, 6.45) is 2.58. The molecule has 0 aliphatic rings. The number of methoxy groups -OCH3 is 2. The second kappa shape index (κ2) is 19.1. The lowest BCUT2D eigenvalue weighted by atomic mass is 10.2. The summed E-state index contributed by atoms with van der Waals surface area (Å²) in [5.41, 5.74) is 0.774. The molecule has 0 bridgehead atoms. The molecule has 0 atom stereocenters. The van der Waals surface area contributed by atoms with Crippen molar-refractivity contribution in [3.63, 3.8) is 0 Å². The summed E-state index contributed by atoms with van der Waals surface area (Å²) >= 11 is 0. The molecule has 0 aliphatic heterocycles. The van der Waals surface area contributed by atoms with Gasteiger partial charge in [0, 0.05) is 57.4 Å². The van der Waals surface area contributed by atoms with Gasteiger partial charge in [0.05, 0.1) is 55.6 Å². The predicted octanol–water partition coefficient (Wildman–Crippen LogP) is 4.35. The Balaban J connectivity index is 1.52. The number of fused-ring (bicyclic) bond motifs is 1. The largest absolute Gasteiger partial charge is 0.493 e. The van der Waals surface area contributed by atoms with Gasteiger partial charge in [-0.1, -0.05) is 6.92 Å². The Kier molecular flexibility index (Phi) is 14.6. The van der Waals surface area contributed by atoms with Crippen LogP contribution in [0.3, 0.4) is 0 Å². The number of rotatable bonds is 22. The Hall–Kier alpha value is -5.42. The average molecular weight is 772 g/mol. The van der Waals surface area contributed by atoms with Gasteiger partial charge in [-0.15, -0.1) is 0 Å². The zero-order valence-electron chi connectivity index (χ0n) is 31.5. The van der Waals surface area contributed by atoms with E-state index in [1.165, 1.54) is 41.6 Å². The van der Waals surface area contributed by atoms with E-state index in [9.17, 15) is 22.8 Å². The highest BCUT2D eigenvalue weighted by molar-refractivity contribution is 7.92. The van der Waals surface area contributed by atoms with E-state index in [0.29, 0.717) is 73.2 Å². The second-order valence-corrected chi connectivity index (χ2v) is 14.3. The molecule has 1 aromatic heterocycles. The van der Waals surface area contributed by atoms with Crippen LogP contribution in [0.1, 0.15) is 39.0 Å². The molecule has 4 rings (SSSR count). The van der Waals surface area contributed by atoms with Crippen LogP contribution in [0, 0.1) is 0 Å². The zero-order valence-corrected chi connectivity index (χ0v) is 32.3. The summed E-state index contributed by atoms with van der Waals surface area (Å²) in [7, 11) is 3.72. The van der Waals surface area contributed by atoms with E-state index < -0.39 is 16.0 Å². The minimum absolute atomic E-state index is 0.00719.